The molecule has 4 aromatic rings. The molecule has 0 atom stereocenters. The van der Waals surface area contributed by atoms with Crippen molar-refractivity contribution in [2.75, 3.05) is 7.11 Å². The smallest absolute Gasteiger partial charge is 0.497 e. The molecule has 0 unspecified atom stereocenters. The highest BCUT2D eigenvalue weighted by Gasteiger charge is 2.31. The Kier molecular flexibility index (Phi) is 5.91. The van der Waals surface area contributed by atoms with Gasteiger partial charge in [0.2, 0.25) is 5.82 Å². The SMILES string of the molecule is COc1cccc(Cn2c(C)ccc(-c3nc(-c4ccc(OC(F)(F)F)cc4)no3)c2=O)c1. The number of alkyl halides is 3. The van der Waals surface area contributed by atoms with Crippen LogP contribution in [0.4, 0.5) is 13.2 Å². The van der Waals surface area contributed by atoms with E-state index >= 15 is 0 Å². The normalized spacial score (nSPS) is 11.4. The monoisotopic (exact) mass is 457 g/mol. The molecule has 170 valence electrons. The first kappa shape index (κ1) is 22.1. The van der Waals surface area contributed by atoms with Gasteiger partial charge in [0, 0.05) is 11.3 Å². The van der Waals surface area contributed by atoms with Crippen LogP contribution < -0.4 is 15.0 Å². The second kappa shape index (κ2) is 8.81. The van der Waals surface area contributed by atoms with Gasteiger partial charge in [-0.1, -0.05) is 17.3 Å². The summed E-state index contributed by atoms with van der Waals surface area (Å²) in [6, 6.07) is 15.8. The lowest BCUT2D eigenvalue weighted by molar-refractivity contribution is -0.274. The summed E-state index contributed by atoms with van der Waals surface area (Å²) in [6.07, 6.45) is -4.78. The third-order valence-electron chi connectivity index (χ3n) is 4.87. The molecule has 0 N–H and O–H groups in total. The van der Waals surface area contributed by atoms with Gasteiger partial charge in [0.15, 0.2) is 0 Å². The topological polar surface area (TPSA) is 79.4 Å². The van der Waals surface area contributed by atoms with Crippen LogP contribution >= 0.6 is 0 Å². The van der Waals surface area contributed by atoms with Crippen LogP contribution in [-0.2, 0) is 6.54 Å². The van der Waals surface area contributed by atoms with E-state index in [-0.39, 0.29) is 28.6 Å². The zero-order valence-corrected chi connectivity index (χ0v) is 17.6. The van der Waals surface area contributed by atoms with E-state index < -0.39 is 6.36 Å². The van der Waals surface area contributed by atoms with Gasteiger partial charge in [-0.05, 0) is 61.0 Å². The Morgan fingerprint density at radius 1 is 1.03 bits per heavy atom. The van der Waals surface area contributed by atoms with Crippen LogP contribution in [0.5, 0.6) is 11.5 Å². The first-order chi connectivity index (χ1) is 15.7. The second-order valence-corrected chi connectivity index (χ2v) is 7.13. The summed E-state index contributed by atoms with van der Waals surface area (Å²) in [4.78, 5) is 17.4. The maximum Gasteiger partial charge on any atom is 0.573 e. The molecule has 0 aliphatic heterocycles. The zero-order valence-electron chi connectivity index (χ0n) is 17.6. The van der Waals surface area contributed by atoms with Gasteiger partial charge < -0.3 is 18.6 Å². The Hall–Kier alpha value is -4.08. The molecule has 0 saturated carbocycles. The van der Waals surface area contributed by atoms with Gasteiger partial charge in [0.25, 0.3) is 11.4 Å². The third kappa shape index (κ3) is 5.05. The minimum Gasteiger partial charge on any atom is -0.497 e. The highest BCUT2D eigenvalue weighted by Crippen LogP contribution is 2.26. The van der Waals surface area contributed by atoms with Gasteiger partial charge in [-0.2, -0.15) is 4.98 Å². The number of aryl methyl sites for hydroxylation is 1. The first-order valence-electron chi connectivity index (χ1n) is 9.77. The number of nitrogens with zero attached hydrogens (tertiary/aromatic N) is 3. The fourth-order valence-electron chi connectivity index (χ4n) is 3.24. The fraction of sp³-hybridized carbons (Fsp3) is 0.174. The molecule has 0 fully saturated rings. The molecule has 0 radical (unpaired) electrons. The summed E-state index contributed by atoms with van der Waals surface area (Å²) in [5, 5.41) is 3.85. The number of pyridine rings is 1. The number of aromatic nitrogens is 3. The van der Waals surface area contributed by atoms with E-state index in [0.717, 1.165) is 23.4 Å². The van der Waals surface area contributed by atoms with E-state index in [9.17, 15) is 18.0 Å². The molecule has 0 spiro atoms. The molecule has 4 rings (SSSR count). The Morgan fingerprint density at radius 3 is 2.48 bits per heavy atom. The number of hydrogen-bond acceptors (Lipinski definition) is 6. The van der Waals surface area contributed by atoms with Crippen molar-refractivity contribution in [3.05, 3.63) is 82.3 Å². The lowest BCUT2D eigenvalue weighted by Crippen LogP contribution is -2.24. The van der Waals surface area contributed by atoms with E-state index in [0.29, 0.717) is 17.9 Å². The standard InChI is InChI=1S/C23H18F3N3O4/c1-14-6-11-19(22(30)29(14)13-15-4-3-5-18(12-15)31-2)21-27-20(28-33-21)16-7-9-17(10-8-16)32-23(24,25)26/h3-12H,13H2,1-2H3. The number of rotatable bonds is 6. The van der Waals surface area contributed by atoms with Crippen LogP contribution in [0.1, 0.15) is 11.3 Å². The summed E-state index contributed by atoms with van der Waals surface area (Å²) in [7, 11) is 1.57. The number of methoxy groups -OCH3 is 1. The van der Waals surface area contributed by atoms with Crippen molar-refractivity contribution in [1.82, 2.24) is 14.7 Å². The van der Waals surface area contributed by atoms with Crippen molar-refractivity contribution in [2.45, 2.75) is 19.8 Å². The maximum atomic E-state index is 13.2. The predicted octanol–water partition coefficient (Wildman–Crippen LogP) is 4.83. The van der Waals surface area contributed by atoms with Crippen LogP contribution in [0.3, 0.4) is 0 Å². The molecule has 2 heterocycles. The second-order valence-electron chi connectivity index (χ2n) is 7.13. The molecule has 7 nitrogen and oxygen atoms in total. The average Bonchev–Trinajstić information content (AvgIpc) is 3.26. The largest absolute Gasteiger partial charge is 0.573 e. The molecule has 0 amide bonds. The Labute approximate surface area is 186 Å². The van der Waals surface area contributed by atoms with Gasteiger partial charge in [-0.15, -0.1) is 13.2 Å². The van der Waals surface area contributed by atoms with E-state index in [2.05, 4.69) is 14.9 Å². The van der Waals surface area contributed by atoms with Crippen LogP contribution in [0.25, 0.3) is 22.8 Å². The van der Waals surface area contributed by atoms with E-state index in [4.69, 9.17) is 9.26 Å². The summed E-state index contributed by atoms with van der Waals surface area (Å²) in [6.45, 7) is 2.13. The molecule has 33 heavy (non-hydrogen) atoms. The van der Waals surface area contributed by atoms with Gasteiger partial charge >= 0.3 is 6.36 Å². The maximum absolute atomic E-state index is 13.2. The van der Waals surface area contributed by atoms with Crippen LogP contribution in [0.2, 0.25) is 0 Å². The van der Waals surface area contributed by atoms with Gasteiger partial charge in [-0.3, -0.25) is 4.79 Å². The first-order valence-corrected chi connectivity index (χ1v) is 9.77. The van der Waals surface area contributed by atoms with Crippen LogP contribution in [0, 0.1) is 6.92 Å². The van der Waals surface area contributed by atoms with Crippen molar-refractivity contribution in [2.24, 2.45) is 0 Å². The third-order valence-corrected chi connectivity index (χ3v) is 4.87. The Balaban J connectivity index is 1.62. The minimum absolute atomic E-state index is 0.00464. The summed E-state index contributed by atoms with van der Waals surface area (Å²) >= 11 is 0. The molecule has 0 saturated heterocycles. The van der Waals surface area contributed by atoms with Crippen LogP contribution in [-0.4, -0.2) is 28.2 Å². The van der Waals surface area contributed by atoms with Crippen LogP contribution in [0.15, 0.2) is 70.0 Å². The summed E-state index contributed by atoms with van der Waals surface area (Å²) in [5.41, 5.74) is 1.92. The highest BCUT2D eigenvalue weighted by atomic mass is 19.4. The van der Waals surface area contributed by atoms with E-state index in [1.165, 1.54) is 12.1 Å². The zero-order chi connectivity index (χ0) is 23.6. The van der Waals surface area contributed by atoms with Crippen molar-refractivity contribution in [3.63, 3.8) is 0 Å². The molecule has 2 aromatic heterocycles. The van der Waals surface area contributed by atoms with Crippen molar-refractivity contribution >= 4 is 0 Å². The van der Waals surface area contributed by atoms with Gasteiger partial charge in [0.05, 0.1) is 13.7 Å². The Bertz CT molecular complexity index is 1330. The molecule has 0 aliphatic rings. The predicted molar refractivity (Wildman–Crippen MR) is 113 cm³/mol. The molecule has 0 bridgehead atoms. The van der Waals surface area contributed by atoms with Crippen molar-refractivity contribution in [1.29, 1.82) is 0 Å². The quantitative estimate of drug-likeness (QED) is 0.413. The molecular weight excluding hydrogens is 439 g/mol. The minimum atomic E-state index is -4.78. The Morgan fingerprint density at radius 2 is 1.79 bits per heavy atom. The lowest BCUT2D eigenvalue weighted by atomic mass is 10.2. The summed E-state index contributed by atoms with van der Waals surface area (Å²) in [5.74, 6) is 0.448. The van der Waals surface area contributed by atoms with Gasteiger partial charge in [-0.25, -0.2) is 0 Å². The molecule has 0 aliphatic carbocycles. The van der Waals surface area contributed by atoms with Crippen molar-refractivity contribution in [3.8, 4) is 34.3 Å². The van der Waals surface area contributed by atoms with E-state index in [1.54, 1.807) is 23.8 Å². The van der Waals surface area contributed by atoms with Gasteiger partial charge in [0.1, 0.15) is 17.1 Å². The summed E-state index contributed by atoms with van der Waals surface area (Å²) < 4.78 is 52.9. The van der Waals surface area contributed by atoms with Crippen molar-refractivity contribution < 1.29 is 27.2 Å². The molecule has 2 aromatic carbocycles. The number of ether oxygens (including phenoxy) is 2. The number of hydrogen-bond donors (Lipinski definition) is 0. The number of halogens is 3. The average molecular weight is 457 g/mol. The molecule has 10 heteroatoms. The lowest BCUT2D eigenvalue weighted by Gasteiger charge is -2.11. The van der Waals surface area contributed by atoms with E-state index in [1.807, 2.05) is 31.2 Å². The number of benzene rings is 2. The molecular formula is C23H18F3N3O4. The highest BCUT2D eigenvalue weighted by molar-refractivity contribution is 5.60. The fourth-order valence-corrected chi connectivity index (χ4v) is 3.24.